The number of sulfonamides is 1. The average Bonchev–Trinajstić information content (AvgIpc) is 2.99. The van der Waals surface area contributed by atoms with E-state index in [1.165, 1.54) is 30.1 Å². The van der Waals surface area contributed by atoms with Crippen LogP contribution >= 0.6 is 0 Å². The van der Waals surface area contributed by atoms with E-state index in [9.17, 15) is 13.2 Å². The molecule has 0 fully saturated rings. The Kier molecular flexibility index (Phi) is 4.66. The first-order chi connectivity index (χ1) is 10.0. The van der Waals surface area contributed by atoms with Crippen molar-refractivity contribution in [2.45, 2.75) is 11.4 Å². The molecule has 0 unspecified atom stereocenters. The van der Waals surface area contributed by atoms with Crippen molar-refractivity contribution in [3.8, 4) is 0 Å². The van der Waals surface area contributed by atoms with Gasteiger partial charge in [-0.1, -0.05) is 17.3 Å². The SMILES string of the molecule is COC(=O)c1ccccc1S(=O)(=O)NCCn1ccnn1. The first-order valence-electron chi connectivity index (χ1n) is 6.05. The Morgan fingerprint density at radius 3 is 2.81 bits per heavy atom. The number of rotatable bonds is 6. The van der Waals surface area contributed by atoms with Crippen LogP contribution in [0.2, 0.25) is 0 Å². The first-order valence-corrected chi connectivity index (χ1v) is 7.54. The number of methoxy groups -OCH3 is 1. The van der Waals surface area contributed by atoms with E-state index in [-0.39, 0.29) is 17.0 Å². The highest BCUT2D eigenvalue weighted by atomic mass is 32.2. The van der Waals surface area contributed by atoms with E-state index >= 15 is 0 Å². The van der Waals surface area contributed by atoms with Crippen LogP contribution in [-0.2, 0) is 21.3 Å². The Morgan fingerprint density at radius 2 is 2.14 bits per heavy atom. The highest BCUT2D eigenvalue weighted by molar-refractivity contribution is 7.89. The van der Waals surface area contributed by atoms with Crippen molar-refractivity contribution in [2.24, 2.45) is 0 Å². The maximum Gasteiger partial charge on any atom is 0.339 e. The molecule has 1 heterocycles. The smallest absolute Gasteiger partial charge is 0.339 e. The van der Waals surface area contributed by atoms with Gasteiger partial charge in [-0.25, -0.2) is 17.9 Å². The third-order valence-corrected chi connectivity index (χ3v) is 4.21. The minimum atomic E-state index is -3.81. The number of carbonyl (C=O) groups excluding carboxylic acids is 1. The van der Waals surface area contributed by atoms with Gasteiger partial charge in [0.05, 0.1) is 30.3 Å². The van der Waals surface area contributed by atoms with Crippen molar-refractivity contribution < 1.29 is 17.9 Å². The third-order valence-electron chi connectivity index (χ3n) is 2.69. The van der Waals surface area contributed by atoms with Crippen molar-refractivity contribution in [1.29, 1.82) is 0 Å². The third kappa shape index (κ3) is 3.64. The monoisotopic (exact) mass is 310 g/mol. The minimum Gasteiger partial charge on any atom is -0.465 e. The Hall–Kier alpha value is -2.26. The second kappa shape index (κ2) is 6.46. The molecule has 0 atom stereocenters. The second-order valence-corrected chi connectivity index (χ2v) is 5.79. The van der Waals surface area contributed by atoms with E-state index in [0.29, 0.717) is 6.54 Å². The van der Waals surface area contributed by atoms with Crippen LogP contribution < -0.4 is 4.72 Å². The van der Waals surface area contributed by atoms with Gasteiger partial charge in [0.25, 0.3) is 0 Å². The van der Waals surface area contributed by atoms with E-state index in [4.69, 9.17) is 0 Å². The lowest BCUT2D eigenvalue weighted by Gasteiger charge is -2.10. The van der Waals surface area contributed by atoms with Crippen LogP contribution in [0, 0.1) is 0 Å². The molecule has 0 aliphatic rings. The lowest BCUT2D eigenvalue weighted by atomic mass is 10.2. The molecule has 0 aliphatic heterocycles. The fourth-order valence-corrected chi connectivity index (χ4v) is 2.92. The Balaban J connectivity index is 2.14. The topological polar surface area (TPSA) is 103 Å². The number of carbonyl (C=O) groups is 1. The van der Waals surface area contributed by atoms with E-state index < -0.39 is 16.0 Å². The summed E-state index contributed by atoms with van der Waals surface area (Å²) in [6.07, 6.45) is 3.12. The summed E-state index contributed by atoms with van der Waals surface area (Å²) in [5.41, 5.74) is -0.00624. The molecule has 0 amide bonds. The van der Waals surface area contributed by atoms with E-state index in [1.54, 1.807) is 18.3 Å². The molecule has 112 valence electrons. The van der Waals surface area contributed by atoms with Crippen LogP contribution in [-0.4, -0.2) is 43.0 Å². The molecule has 0 bridgehead atoms. The summed E-state index contributed by atoms with van der Waals surface area (Å²) < 4.78 is 33.0. The van der Waals surface area contributed by atoms with Crippen molar-refractivity contribution in [1.82, 2.24) is 19.7 Å². The van der Waals surface area contributed by atoms with Gasteiger partial charge < -0.3 is 4.74 Å². The van der Waals surface area contributed by atoms with E-state index in [0.717, 1.165) is 0 Å². The molecule has 0 spiro atoms. The maximum absolute atomic E-state index is 12.2. The fraction of sp³-hybridized carbons (Fsp3) is 0.250. The van der Waals surface area contributed by atoms with Crippen molar-refractivity contribution >= 4 is 16.0 Å². The molecule has 2 rings (SSSR count). The standard InChI is InChI=1S/C12H14N4O4S/c1-20-12(17)10-4-2-3-5-11(10)21(18,19)14-7-9-16-8-6-13-15-16/h2-6,8,14H,7,9H2,1H3. The molecule has 0 saturated heterocycles. The van der Waals surface area contributed by atoms with Crippen LogP contribution in [0.3, 0.4) is 0 Å². The summed E-state index contributed by atoms with van der Waals surface area (Å²) in [6.45, 7) is 0.459. The zero-order valence-electron chi connectivity index (χ0n) is 11.3. The lowest BCUT2D eigenvalue weighted by molar-refractivity contribution is 0.0596. The van der Waals surface area contributed by atoms with Gasteiger partial charge in [-0.2, -0.15) is 0 Å². The van der Waals surface area contributed by atoms with Gasteiger partial charge in [0.2, 0.25) is 10.0 Å². The van der Waals surface area contributed by atoms with Gasteiger partial charge in [-0.05, 0) is 12.1 Å². The van der Waals surface area contributed by atoms with E-state index in [2.05, 4.69) is 19.8 Å². The average molecular weight is 310 g/mol. The number of hydrogen-bond acceptors (Lipinski definition) is 6. The molecule has 1 N–H and O–H groups in total. The highest BCUT2D eigenvalue weighted by Crippen LogP contribution is 2.16. The van der Waals surface area contributed by atoms with Gasteiger partial charge in [0, 0.05) is 12.7 Å². The summed E-state index contributed by atoms with van der Waals surface area (Å²) >= 11 is 0. The molecule has 8 nitrogen and oxygen atoms in total. The molecule has 9 heteroatoms. The highest BCUT2D eigenvalue weighted by Gasteiger charge is 2.22. The number of ether oxygens (including phenoxy) is 1. The maximum atomic E-state index is 12.2. The van der Waals surface area contributed by atoms with Crippen LogP contribution in [0.1, 0.15) is 10.4 Å². The lowest BCUT2D eigenvalue weighted by Crippen LogP contribution is -2.29. The van der Waals surface area contributed by atoms with Crippen molar-refractivity contribution in [2.75, 3.05) is 13.7 Å². The number of esters is 1. The molecular formula is C12H14N4O4S. The first kappa shape index (κ1) is 15.1. The largest absolute Gasteiger partial charge is 0.465 e. The summed E-state index contributed by atoms with van der Waals surface area (Å²) in [6, 6.07) is 5.86. The summed E-state index contributed by atoms with van der Waals surface area (Å²) in [5.74, 6) is -0.702. The molecule has 1 aromatic heterocycles. The van der Waals surface area contributed by atoms with Crippen LogP contribution in [0.25, 0.3) is 0 Å². The van der Waals surface area contributed by atoms with Gasteiger partial charge >= 0.3 is 5.97 Å². The molecule has 0 saturated carbocycles. The zero-order chi connectivity index (χ0) is 15.3. The van der Waals surface area contributed by atoms with Crippen molar-refractivity contribution in [3.05, 3.63) is 42.2 Å². The minimum absolute atomic E-state index is 0.00624. The molecule has 2 aromatic rings. The Morgan fingerprint density at radius 1 is 1.38 bits per heavy atom. The van der Waals surface area contributed by atoms with Gasteiger partial charge in [0.1, 0.15) is 0 Å². The van der Waals surface area contributed by atoms with Gasteiger partial charge in [-0.15, -0.1) is 5.10 Å². The fourth-order valence-electron chi connectivity index (χ4n) is 1.70. The van der Waals surface area contributed by atoms with Gasteiger partial charge in [-0.3, -0.25) is 4.68 Å². The molecule has 0 radical (unpaired) electrons. The van der Waals surface area contributed by atoms with Crippen LogP contribution in [0.15, 0.2) is 41.6 Å². The normalized spacial score (nSPS) is 11.3. The van der Waals surface area contributed by atoms with E-state index in [1.807, 2.05) is 0 Å². The molecule has 1 aromatic carbocycles. The predicted molar refractivity (Wildman–Crippen MR) is 73.0 cm³/mol. The summed E-state index contributed by atoms with van der Waals surface area (Å²) in [5, 5.41) is 7.34. The Bertz CT molecular complexity index is 713. The van der Waals surface area contributed by atoms with Crippen LogP contribution in [0.5, 0.6) is 0 Å². The second-order valence-electron chi connectivity index (χ2n) is 4.05. The zero-order valence-corrected chi connectivity index (χ0v) is 12.1. The number of aromatic nitrogens is 3. The Labute approximate surface area is 121 Å². The molecule has 21 heavy (non-hydrogen) atoms. The van der Waals surface area contributed by atoms with Crippen LogP contribution in [0.4, 0.5) is 0 Å². The molecule has 0 aliphatic carbocycles. The molecular weight excluding hydrogens is 296 g/mol. The number of benzene rings is 1. The van der Waals surface area contributed by atoms with Crippen molar-refractivity contribution in [3.63, 3.8) is 0 Å². The summed E-state index contributed by atoms with van der Waals surface area (Å²) in [7, 11) is -2.61. The number of nitrogens with zero attached hydrogens (tertiary/aromatic N) is 3. The quantitative estimate of drug-likeness (QED) is 0.756. The number of nitrogens with one attached hydrogen (secondary N) is 1. The number of hydrogen-bond donors (Lipinski definition) is 1. The summed E-state index contributed by atoms with van der Waals surface area (Å²) in [4.78, 5) is 11.5. The van der Waals surface area contributed by atoms with Gasteiger partial charge in [0.15, 0.2) is 0 Å². The predicted octanol–water partition coefficient (Wildman–Crippen LogP) is 0.0432.